The lowest BCUT2D eigenvalue weighted by atomic mass is 9.90. The van der Waals surface area contributed by atoms with Crippen LogP contribution in [0.5, 0.6) is 0 Å². The number of nitrogens with one attached hydrogen (secondary N) is 1. The van der Waals surface area contributed by atoms with E-state index in [9.17, 15) is 0 Å². The summed E-state index contributed by atoms with van der Waals surface area (Å²) in [5.41, 5.74) is 8.67. The molecule has 0 amide bonds. The maximum atomic E-state index is 5.81. The Balaban J connectivity index is 1.83. The van der Waals surface area contributed by atoms with Gasteiger partial charge in [0.05, 0.1) is 5.52 Å². The molecule has 1 aliphatic rings. The number of allylic oxidation sites excluding steroid dienone is 1. The van der Waals surface area contributed by atoms with Gasteiger partial charge in [0, 0.05) is 42.0 Å². The van der Waals surface area contributed by atoms with Crippen LogP contribution >= 0.6 is 0 Å². The van der Waals surface area contributed by atoms with Gasteiger partial charge in [-0.3, -0.25) is 4.99 Å². The summed E-state index contributed by atoms with van der Waals surface area (Å²) in [7, 11) is 4.34. The Kier molecular flexibility index (Phi) is 6.40. The second-order valence-electron chi connectivity index (χ2n) is 7.32. The van der Waals surface area contributed by atoms with Gasteiger partial charge in [-0.1, -0.05) is 6.07 Å². The average Bonchev–Trinajstić information content (AvgIpc) is 2.69. The van der Waals surface area contributed by atoms with E-state index in [1.165, 1.54) is 12.8 Å². The highest BCUT2D eigenvalue weighted by molar-refractivity contribution is 6.11. The molecular weight excluding hydrogens is 336 g/mol. The van der Waals surface area contributed by atoms with Crippen LogP contribution in [0, 0.1) is 0 Å². The van der Waals surface area contributed by atoms with Crippen molar-refractivity contribution in [3.63, 3.8) is 0 Å². The molecule has 0 saturated heterocycles. The van der Waals surface area contributed by atoms with E-state index in [4.69, 9.17) is 5.73 Å². The molecule has 144 valence electrons. The fourth-order valence-electron chi connectivity index (χ4n) is 3.68. The predicted octanol–water partition coefficient (Wildman–Crippen LogP) is 3.30. The second kappa shape index (κ2) is 8.95. The molecule has 3 N–H and O–H groups in total. The summed E-state index contributed by atoms with van der Waals surface area (Å²) in [5.74, 6) is 0.902. The summed E-state index contributed by atoms with van der Waals surface area (Å²) < 4.78 is 0. The van der Waals surface area contributed by atoms with Gasteiger partial charge in [0.1, 0.15) is 12.1 Å². The lowest BCUT2D eigenvalue weighted by molar-refractivity contribution is 0.221. The van der Waals surface area contributed by atoms with Gasteiger partial charge >= 0.3 is 0 Å². The van der Waals surface area contributed by atoms with Gasteiger partial charge in [-0.2, -0.15) is 0 Å². The first-order valence-electron chi connectivity index (χ1n) is 9.72. The maximum Gasteiger partial charge on any atom is 0.137 e. The highest BCUT2D eigenvalue weighted by Gasteiger charge is 2.23. The van der Waals surface area contributed by atoms with E-state index in [1.807, 2.05) is 25.3 Å². The first-order valence-corrected chi connectivity index (χ1v) is 9.72. The minimum Gasteiger partial charge on any atom is -0.404 e. The van der Waals surface area contributed by atoms with Gasteiger partial charge in [-0.15, -0.1) is 0 Å². The Bertz CT molecular complexity index is 819. The molecule has 2 aromatic rings. The Morgan fingerprint density at radius 3 is 2.70 bits per heavy atom. The summed E-state index contributed by atoms with van der Waals surface area (Å²) in [6.45, 7) is 2.74. The van der Waals surface area contributed by atoms with Crippen LogP contribution in [0.15, 0.2) is 35.7 Å². The molecule has 0 spiro atoms. The quantitative estimate of drug-likeness (QED) is 0.767. The number of nitrogens with zero attached hydrogens (tertiary/aromatic N) is 4. The summed E-state index contributed by atoms with van der Waals surface area (Å²) in [4.78, 5) is 15.6. The summed E-state index contributed by atoms with van der Waals surface area (Å²) >= 11 is 0. The van der Waals surface area contributed by atoms with Crippen LogP contribution in [-0.4, -0.2) is 53.8 Å². The molecule has 6 nitrogen and oxygen atoms in total. The molecule has 0 bridgehead atoms. The van der Waals surface area contributed by atoms with Crippen molar-refractivity contribution in [2.45, 2.75) is 44.7 Å². The molecule has 27 heavy (non-hydrogen) atoms. The number of rotatable bonds is 6. The van der Waals surface area contributed by atoms with Gasteiger partial charge in [0.15, 0.2) is 0 Å². The molecule has 0 aliphatic heterocycles. The molecule has 6 heteroatoms. The SMILES string of the molecule is CCN=C/C(=C\N)c1ccc2ncnc(NC3CCC(N(C)C)CC3)c2c1. The average molecular weight is 367 g/mol. The minimum absolute atomic E-state index is 0.453. The van der Waals surface area contributed by atoms with E-state index in [1.54, 1.807) is 12.5 Å². The molecule has 1 saturated carbocycles. The van der Waals surface area contributed by atoms with Gasteiger partial charge in [-0.25, -0.2) is 9.97 Å². The third-order valence-electron chi connectivity index (χ3n) is 5.33. The highest BCUT2D eigenvalue weighted by atomic mass is 15.1. The van der Waals surface area contributed by atoms with E-state index in [0.29, 0.717) is 12.1 Å². The Labute approximate surface area is 161 Å². The van der Waals surface area contributed by atoms with Crippen LogP contribution in [0.25, 0.3) is 16.5 Å². The van der Waals surface area contributed by atoms with E-state index in [2.05, 4.69) is 45.3 Å². The smallest absolute Gasteiger partial charge is 0.137 e. The molecule has 1 fully saturated rings. The molecule has 1 aromatic heterocycles. The molecule has 1 aliphatic carbocycles. The number of anilines is 1. The topological polar surface area (TPSA) is 79.4 Å². The minimum atomic E-state index is 0.453. The van der Waals surface area contributed by atoms with Gasteiger partial charge in [-0.05, 0) is 64.4 Å². The number of benzene rings is 1. The highest BCUT2D eigenvalue weighted by Crippen LogP contribution is 2.28. The maximum absolute atomic E-state index is 5.81. The Morgan fingerprint density at radius 2 is 2.04 bits per heavy atom. The van der Waals surface area contributed by atoms with Crippen LogP contribution in [0.4, 0.5) is 5.82 Å². The number of hydrogen-bond acceptors (Lipinski definition) is 6. The Morgan fingerprint density at radius 1 is 1.26 bits per heavy atom. The van der Waals surface area contributed by atoms with Crippen molar-refractivity contribution in [3.8, 4) is 0 Å². The number of fused-ring (bicyclic) bond motifs is 1. The van der Waals surface area contributed by atoms with Crippen molar-refractivity contribution in [3.05, 3.63) is 36.3 Å². The van der Waals surface area contributed by atoms with E-state index in [-0.39, 0.29) is 0 Å². The number of aliphatic imine (C=N–C) groups is 1. The number of nitrogens with two attached hydrogens (primary N) is 1. The third kappa shape index (κ3) is 4.63. The largest absolute Gasteiger partial charge is 0.404 e. The van der Waals surface area contributed by atoms with Crippen LogP contribution < -0.4 is 11.1 Å². The Hall–Kier alpha value is -2.47. The zero-order valence-electron chi connectivity index (χ0n) is 16.5. The first-order chi connectivity index (χ1) is 13.1. The lowest BCUT2D eigenvalue weighted by Gasteiger charge is -2.33. The summed E-state index contributed by atoms with van der Waals surface area (Å²) in [6, 6.07) is 7.29. The van der Waals surface area contributed by atoms with Crippen molar-refractivity contribution in [2.24, 2.45) is 10.7 Å². The van der Waals surface area contributed by atoms with Crippen LogP contribution in [0.1, 0.15) is 38.2 Å². The van der Waals surface area contributed by atoms with E-state index in [0.717, 1.165) is 47.2 Å². The summed E-state index contributed by atoms with van der Waals surface area (Å²) in [5, 5.41) is 4.68. The van der Waals surface area contributed by atoms with Gasteiger partial charge in [0.25, 0.3) is 0 Å². The van der Waals surface area contributed by atoms with Crippen molar-refractivity contribution in [1.29, 1.82) is 0 Å². The van der Waals surface area contributed by atoms with E-state index < -0.39 is 0 Å². The van der Waals surface area contributed by atoms with Crippen LogP contribution in [-0.2, 0) is 0 Å². The normalized spacial score (nSPS) is 21.3. The molecule has 0 atom stereocenters. The lowest BCUT2D eigenvalue weighted by Crippen LogP contribution is -2.36. The predicted molar refractivity (Wildman–Crippen MR) is 114 cm³/mol. The molecular formula is C21H30N6. The van der Waals surface area contributed by atoms with Crippen molar-refractivity contribution in [2.75, 3.05) is 26.0 Å². The van der Waals surface area contributed by atoms with Crippen LogP contribution in [0.2, 0.25) is 0 Å². The zero-order chi connectivity index (χ0) is 19.2. The monoisotopic (exact) mass is 366 g/mol. The molecule has 0 radical (unpaired) electrons. The molecule has 3 rings (SSSR count). The fourth-order valence-corrected chi connectivity index (χ4v) is 3.68. The summed E-state index contributed by atoms with van der Waals surface area (Å²) in [6.07, 6.45) is 9.80. The third-order valence-corrected chi connectivity index (χ3v) is 5.33. The van der Waals surface area contributed by atoms with Gasteiger partial charge < -0.3 is 16.0 Å². The van der Waals surface area contributed by atoms with Gasteiger partial charge in [0.2, 0.25) is 0 Å². The first kappa shape index (κ1) is 19.3. The molecule has 1 aromatic carbocycles. The standard InChI is InChI=1S/C21H30N6/c1-4-23-13-16(12-22)15-5-10-20-19(11-15)21(25-14-24-20)26-17-6-8-18(9-7-17)27(2)3/h5,10-14,17-18H,4,6-9,22H2,1-3H3,(H,24,25,26)/b16-12+,23-13?. The molecule has 0 unspecified atom stereocenters. The fraction of sp³-hybridized carbons (Fsp3) is 0.476. The molecule has 1 heterocycles. The van der Waals surface area contributed by atoms with Crippen molar-refractivity contribution >= 4 is 28.5 Å². The van der Waals surface area contributed by atoms with Crippen LogP contribution in [0.3, 0.4) is 0 Å². The van der Waals surface area contributed by atoms with Crippen molar-refractivity contribution < 1.29 is 0 Å². The van der Waals surface area contributed by atoms with E-state index >= 15 is 0 Å². The number of aromatic nitrogens is 2. The number of hydrogen-bond donors (Lipinski definition) is 2. The second-order valence-corrected chi connectivity index (χ2v) is 7.32. The zero-order valence-corrected chi connectivity index (χ0v) is 16.5. The van der Waals surface area contributed by atoms with Crippen molar-refractivity contribution in [1.82, 2.24) is 14.9 Å².